The summed E-state index contributed by atoms with van der Waals surface area (Å²) >= 11 is 5.15. The minimum absolute atomic E-state index is 0.0841. The number of hydrogen-bond acceptors (Lipinski definition) is 4. The van der Waals surface area contributed by atoms with Crippen LogP contribution in [0.1, 0.15) is 26.1 Å². The molecule has 0 aliphatic carbocycles. The summed E-state index contributed by atoms with van der Waals surface area (Å²) < 4.78 is 1.11. The maximum absolute atomic E-state index is 5.64. The molecule has 0 atom stereocenters. The van der Waals surface area contributed by atoms with Gasteiger partial charge in [-0.3, -0.25) is 0 Å². The second-order valence-electron chi connectivity index (χ2n) is 4.79. The van der Waals surface area contributed by atoms with Crippen molar-refractivity contribution in [2.75, 3.05) is 6.54 Å². The third kappa shape index (κ3) is 2.96. The molecule has 0 aliphatic heterocycles. The van der Waals surface area contributed by atoms with Crippen LogP contribution < -0.4 is 5.73 Å². The quantitative estimate of drug-likeness (QED) is 0.934. The van der Waals surface area contributed by atoms with E-state index >= 15 is 0 Å². The second-order valence-corrected chi connectivity index (χ2v) is 7.25. The Hall–Kier alpha value is -0.780. The largest absolute Gasteiger partial charge is 0.330 e. The van der Waals surface area contributed by atoms with Gasteiger partial charge in [-0.25, -0.2) is 9.97 Å². The van der Waals surface area contributed by atoms with Crippen LogP contribution in [0, 0.1) is 0 Å². The number of halogens is 1. The van der Waals surface area contributed by atoms with Crippen LogP contribution in [-0.4, -0.2) is 16.5 Å². The van der Waals surface area contributed by atoms with Crippen LogP contribution in [0.15, 0.2) is 28.2 Å². The van der Waals surface area contributed by atoms with Crippen LogP contribution >= 0.6 is 27.3 Å². The molecule has 0 bridgehead atoms. The van der Waals surface area contributed by atoms with Gasteiger partial charge in [0.2, 0.25) is 0 Å². The molecule has 0 saturated heterocycles. The van der Waals surface area contributed by atoms with Crippen molar-refractivity contribution in [3.8, 4) is 10.6 Å². The van der Waals surface area contributed by atoms with E-state index in [1.54, 1.807) is 11.3 Å². The van der Waals surface area contributed by atoms with Crippen LogP contribution in [0.5, 0.6) is 0 Å². The highest BCUT2D eigenvalue weighted by molar-refractivity contribution is 9.11. The predicted octanol–water partition coefficient (Wildman–Crippen LogP) is 3.59. The van der Waals surface area contributed by atoms with Gasteiger partial charge in [0.1, 0.15) is 5.82 Å². The average molecular weight is 326 g/mol. The molecule has 2 N–H and O–H groups in total. The lowest BCUT2D eigenvalue weighted by Crippen LogP contribution is -2.24. The van der Waals surface area contributed by atoms with Crippen LogP contribution in [0.2, 0.25) is 0 Å². The maximum Gasteiger partial charge on any atom is 0.134 e. The van der Waals surface area contributed by atoms with Gasteiger partial charge in [-0.1, -0.05) is 13.8 Å². The lowest BCUT2D eigenvalue weighted by atomic mass is 9.88. The number of nitrogens with zero attached hydrogens (tertiary/aromatic N) is 2. The molecule has 0 amide bonds. The summed E-state index contributed by atoms with van der Waals surface area (Å²) in [7, 11) is 0. The molecule has 5 heteroatoms. The smallest absolute Gasteiger partial charge is 0.134 e. The molecule has 2 heterocycles. The molecule has 0 spiro atoms. The standard InChI is InChI=1S/C13H16BrN3S/c1-13(2,6-7-15)12-16-8-5-9(17-12)10-3-4-11(14)18-10/h3-5,8H,6-7,15H2,1-2H3. The summed E-state index contributed by atoms with van der Waals surface area (Å²) in [5, 5.41) is 0. The molecule has 96 valence electrons. The fourth-order valence-electron chi connectivity index (χ4n) is 1.75. The zero-order valence-corrected chi connectivity index (χ0v) is 12.9. The summed E-state index contributed by atoms with van der Waals surface area (Å²) in [6.07, 6.45) is 2.70. The van der Waals surface area contributed by atoms with E-state index in [4.69, 9.17) is 5.73 Å². The Labute approximate surface area is 120 Å². The van der Waals surface area contributed by atoms with E-state index in [0.717, 1.165) is 26.6 Å². The van der Waals surface area contributed by atoms with Crippen molar-refractivity contribution in [3.05, 3.63) is 34.0 Å². The van der Waals surface area contributed by atoms with Crippen LogP contribution in [-0.2, 0) is 5.41 Å². The van der Waals surface area contributed by atoms with E-state index in [0.29, 0.717) is 6.54 Å². The first-order valence-electron chi connectivity index (χ1n) is 5.82. The van der Waals surface area contributed by atoms with E-state index in [1.165, 1.54) is 0 Å². The van der Waals surface area contributed by atoms with Crippen molar-refractivity contribution in [1.82, 2.24) is 9.97 Å². The molecule has 2 aromatic heterocycles. The SMILES string of the molecule is CC(C)(CCN)c1nccc(-c2ccc(Br)s2)n1. The molecule has 0 fully saturated rings. The molecule has 0 unspecified atom stereocenters. The number of rotatable bonds is 4. The molecule has 3 nitrogen and oxygen atoms in total. The highest BCUT2D eigenvalue weighted by atomic mass is 79.9. The van der Waals surface area contributed by atoms with Gasteiger partial charge in [-0.05, 0) is 47.1 Å². The molecular formula is C13H16BrN3S. The number of nitrogens with two attached hydrogens (primary N) is 1. The monoisotopic (exact) mass is 325 g/mol. The fourth-order valence-corrected chi connectivity index (χ4v) is 3.10. The first kappa shape index (κ1) is 13.6. The van der Waals surface area contributed by atoms with E-state index in [-0.39, 0.29) is 5.41 Å². The van der Waals surface area contributed by atoms with Gasteiger partial charge in [-0.2, -0.15) is 0 Å². The molecule has 0 aromatic carbocycles. The van der Waals surface area contributed by atoms with Crippen molar-refractivity contribution in [1.29, 1.82) is 0 Å². The second kappa shape index (κ2) is 5.47. The third-order valence-electron chi connectivity index (χ3n) is 2.86. The van der Waals surface area contributed by atoms with Gasteiger partial charge in [0.05, 0.1) is 14.4 Å². The summed E-state index contributed by atoms with van der Waals surface area (Å²) in [4.78, 5) is 10.2. The van der Waals surface area contributed by atoms with Crippen molar-refractivity contribution >= 4 is 27.3 Å². The molecule has 2 rings (SSSR count). The molecule has 18 heavy (non-hydrogen) atoms. The first-order chi connectivity index (χ1) is 8.53. The lowest BCUT2D eigenvalue weighted by molar-refractivity contribution is 0.457. The highest BCUT2D eigenvalue weighted by Gasteiger charge is 2.23. The van der Waals surface area contributed by atoms with Gasteiger partial charge in [-0.15, -0.1) is 11.3 Å². The maximum atomic E-state index is 5.64. The summed E-state index contributed by atoms with van der Waals surface area (Å²) in [5.41, 5.74) is 6.53. The van der Waals surface area contributed by atoms with Crippen molar-refractivity contribution in [2.45, 2.75) is 25.7 Å². The molecule has 2 aromatic rings. The number of thiophene rings is 1. The van der Waals surface area contributed by atoms with Crippen LogP contribution in [0.3, 0.4) is 0 Å². The first-order valence-corrected chi connectivity index (χ1v) is 7.43. The minimum atomic E-state index is -0.0841. The normalized spacial score (nSPS) is 11.8. The van der Waals surface area contributed by atoms with Crippen molar-refractivity contribution in [2.24, 2.45) is 5.73 Å². The summed E-state index contributed by atoms with van der Waals surface area (Å²) in [5.74, 6) is 0.856. The highest BCUT2D eigenvalue weighted by Crippen LogP contribution is 2.31. The summed E-state index contributed by atoms with van der Waals surface area (Å²) in [6.45, 7) is 4.90. The Kier molecular flexibility index (Phi) is 4.14. The topological polar surface area (TPSA) is 51.8 Å². The predicted molar refractivity (Wildman–Crippen MR) is 79.7 cm³/mol. The minimum Gasteiger partial charge on any atom is -0.330 e. The number of hydrogen-bond donors (Lipinski definition) is 1. The zero-order chi connectivity index (χ0) is 13.2. The van der Waals surface area contributed by atoms with E-state index in [9.17, 15) is 0 Å². The Bertz CT molecular complexity index is 537. The third-order valence-corrected chi connectivity index (χ3v) is 4.50. The van der Waals surface area contributed by atoms with Gasteiger partial charge in [0, 0.05) is 11.6 Å². The molecular weight excluding hydrogens is 310 g/mol. The summed E-state index contributed by atoms with van der Waals surface area (Å²) in [6, 6.07) is 6.05. The van der Waals surface area contributed by atoms with E-state index in [1.807, 2.05) is 18.3 Å². The van der Waals surface area contributed by atoms with Gasteiger partial charge >= 0.3 is 0 Å². The average Bonchev–Trinajstić information content (AvgIpc) is 2.76. The van der Waals surface area contributed by atoms with Crippen molar-refractivity contribution < 1.29 is 0 Å². The molecule has 0 aliphatic rings. The Morgan fingerprint density at radius 2 is 2.11 bits per heavy atom. The Morgan fingerprint density at radius 1 is 1.33 bits per heavy atom. The zero-order valence-electron chi connectivity index (χ0n) is 10.5. The fraction of sp³-hybridized carbons (Fsp3) is 0.385. The number of aromatic nitrogens is 2. The van der Waals surface area contributed by atoms with Crippen molar-refractivity contribution in [3.63, 3.8) is 0 Å². The van der Waals surface area contributed by atoms with Gasteiger partial charge < -0.3 is 5.73 Å². The van der Waals surface area contributed by atoms with Gasteiger partial charge in [0.15, 0.2) is 0 Å². The van der Waals surface area contributed by atoms with Crippen LogP contribution in [0.4, 0.5) is 0 Å². The Morgan fingerprint density at radius 3 is 2.72 bits per heavy atom. The Balaban J connectivity index is 2.36. The van der Waals surface area contributed by atoms with E-state index < -0.39 is 0 Å². The molecule has 0 radical (unpaired) electrons. The molecule has 0 saturated carbocycles. The lowest BCUT2D eigenvalue weighted by Gasteiger charge is -2.22. The van der Waals surface area contributed by atoms with Gasteiger partial charge in [0.25, 0.3) is 0 Å². The van der Waals surface area contributed by atoms with Crippen LogP contribution in [0.25, 0.3) is 10.6 Å². The van der Waals surface area contributed by atoms with E-state index in [2.05, 4.69) is 45.8 Å².